The first-order valence-corrected chi connectivity index (χ1v) is 8.69. The highest BCUT2D eigenvalue weighted by atomic mass is 127. The van der Waals surface area contributed by atoms with Crippen molar-refractivity contribution < 1.29 is 9.18 Å². The summed E-state index contributed by atoms with van der Waals surface area (Å²) in [4.78, 5) is 15.9. The summed E-state index contributed by atoms with van der Waals surface area (Å²) in [5.74, 6) is 0.385. The van der Waals surface area contributed by atoms with Crippen molar-refractivity contribution in [2.24, 2.45) is 4.99 Å². The van der Waals surface area contributed by atoms with Crippen molar-refractivity contribution in [1.29, 1.82) is 0 Å². The number of nitrogens with zero attached hydrogens (tertiary/aromatic N) is 1. The van der Waals surface area contributed by atoms with Crippen LogP contribution in [-0.4, -0.2) is 32.0 Å². The molecule has 0 aliphatic heterocycles. The average molecular weight is 484 g/mol. The van der Waals surface area contributed by atoms with Crippen molar-refractivity contribution in [3.8, 4) is 0 Å². The Balaban J connectivity index is 0.00000364. The van der Waals surface area contributed by atoms with Crippen molar-refractivity contribution in [2.75, 3.05) is 20.1 Å². The number of benzene rings is 2. The van der Waals surface area contributed by atoms with Gasteiger partial charge in [-0.25, -0.2) is 4.39 Å². The lowest BCUT2D eigenvalue weighted by Gasteiger charge is -2.12. The Kier molecular flexibility index (Phi) is 10.4. The third kappa shape index (κ3) is 7.54. The lowest BCUT2D eigenvalue weighted by molar-refractivity contribution is 0.0956. The number of guanidine groups is 1. The molecule has 0 unspecified atom stereocenters. The molecule has 0 radical (unpaired) electrons. The molecule has 0 fully saturated rings. The van der Waals surface area contributed by atoms with E-state index in [1.165, 1.54) is 6.07 Å². The van der Waals surface area contributed by atoms with Crippen molar-refractivity contribution in [3.05, 3.63) is 71.0 Å². The average Bonchev–Trinajstić information content (AvgIpc) is 2.66. The maximum absolute atomic E-state index is 13.6. The molecule has 5 nitrogen and oxygen atoms in total. The molecule has 3 N–H and O–H groups in total. The molecule has 0 saturated carbocycles. The first kappa shape index (κ1) is 22.9. The van der Waals surface area contributed by atoms with Gasteiger partial charge in [-0.3, -0.25) is 9.79 Å². The fraction of sp³-hybridized carbons (Fsp3) is 0.300. The summed E-state index contributed by atoms with van der Waals surface area (Å²) < 4.78 is 13.6. The van der Waals surface area contributed by atoms with Crippen molar-refractivity contribution >= 4 is 35.8 Å². The summed E-state index contributed by atoms with van der Waals surface area (Å²) in [6.45, 7) is 3.66. The number of halogens is 2. The van der Waals surface area contributed by atoms with Crippen LogP contribution in [0.2, 0.25) is 0 Å². The number of carbonyl (C=O) groups excluding carboxylic acids is 1. The number of amides is 1. The van der Waals surface area contributed by atoms with Crippen LogP contribution in [0.4, 0.5) is 4.39 Å². The molecule has 27 heavy (non-hydrogen) atoms. The van der Waals surface area contributed by atoms with Gasteiger partial charge in [0.2, 0.25) is 0 Å². The van der Waals surface area contributed by atoms with Crippen LogP contribution in [0.1, 0.15) is 28.4 Å². The number of hydrogen-bond donors (Lipinski definition) is 3. The number of rotatable bonds is 7. The quantitative estimate of drug-likeness (QED) is 0.322. The van der Waals surface area contributed by atoms with Crippen LogP contribution in [0.5, 0.6) is 0 Å². The third-order valence-electron chi connectivity index (χ3n) is 3.88. The number of nitrogens with one attached hydrogen (secondary N) is 3. The molecule has 0 heterocycles. The maximum Gasteiger partial charge on any atom is 0.251 e. The highest BCUT2D eigenvalue weighted by Gasteiger charge is 2.05. The predicted molar refractivity (Wildman–Crippen MR) is 118 cm³/mol. The number of aliphatic imine (C=N–C) groups is 1. The molecule has 0 atom stereocenters. The molecule has 0 bridgehead atoms. The van der Waals surface area contributed by atoms with Crippen LogP contribution in [0.25, 0.3) is 0 Å². The Morgan fingerprint density at radius 1 is 1.04 bits per heavy atom. The molecule has 1 amide bonds. The number of carbonyl (C=O) groups is 1. The molecule has 0 saturated heterocycles. The zero-order valence-corrected chi connectivity index (χ0v) is 17.9. The topological polar surface area (TPSA) is 65.5 Å². The second kappa shape index (κ2) is 12.3. The molecule has 2 aromatic carbocycles. The molecule has 2 rings (SSSR count). The van der Waals surface area contributed by atoms with Gasteiger partial charge in [0.05, 0.1) is 0 Å². The minimum atomic E-state index is -0.190. The Bertz CT molecular complexity index is 750. The van der Waals surface area contributed by atoms with E-state index in [0.29, 0.717) is 43.1 Å². The molecule has 7 heteroatoms. The maximum atomic E-state index is 13.6. The van der Waals surface area contributed by atoms with Gasteiger partial charge in [-0.1, -0.05) is 30.3 Å². The van der Waals surface area contributed by atoms with Crippen LogP contribution in [-0.2, 0) is 13.0 Å². The van der Waals surface area contributed by atoms with E-state index < -0.39 is 0 Å². The molecule has 0 aliphatic carbocycles. The van der Waals surface area contributed by atoms with E-state index in [1.54, 1.807) is 31.3 Å². The lowest BCUT2D eigenvalue weighted by Crippen LogP contribution is -2.37. The van der Waals surface area contributed by atoms with Gasteiger partial charge in [-0.05, 0) is 42.7 Å². The normalized spacial score (nSPS) is 10.7. The predicted octanol–water partition coefficient (Wildman–Crippen LogP) is 3.10. The van der Waals surface area contributed by atoms with Crippen LogP contribution < -0.4 is 16.0 Å². The lowest BCUT2D eigenvalue weighted by atomic mass is 10.1. The first-order chi connectivity index (χ1) is 12.6. The Morgan fingerprint density at radius 3 is 2.37 bits per heavy atom. The second-order valence-corrected chi connectivity index (χ2v) is 5.75. The fourth-order valence-corrected chi connectivity index (χ4v) is 2.46. The largest absolute Gasteiger partial charge is 0.356 e. The van der Waals surface area contributed by atoms with E-state index >= 15 is 0 Å². The van der Waals surface area contributed by atoms with E-state index in [9.17, 15) is 9.18 Å². The van der Waals surface area contributed by atoms with Crippen molar-refractivity contribution in [2.45, 2.75) is 19.9 Å². The molecular weight excluding hydrogens is 458 g/mol. The zero-order chi connectivity index (χ0) is 18.8. The highest BCUT2D eigenvalue weighted by molar-refractivity contribution is 14.0. The van der Waals surface area contributed by atoms with E-state index in [-0.39, 0.29) is 35.7 Å². The van der Waals surface area contributed by atoms with Crippen molar-refractivity contribution in [1.82, 2.24) is 16.0 Å². The fourth-order valence-electron chi connectivity index (χ4n) is 2.46. The minimum Gasteiger partial charge on any atom is -0.356 e. The van der Waals surface area contributed by atoms with Gasteiger partial charge in [0.25, 0.3) is 5.91 Å². The van der Waals surface area contributed by atoms with Crippen LogP contribution in [0, 0.1) is 5.82 Å². The summed E-state index contributed by atoms with van der Waals surface area (Å²) in [6, 6.07) is 14.2. The van der Waals surface area contributed by atoms with E-state index in [2.05, 4.69) is 20.9 Å². The zero-order valence-electron chi connectivity index (χ0n) is 15.6. The SMILES string of the molecule is CCNC(=O)c1ccc(CNC(=NC)NCCc2ccccc2F)cc1.I. The Labute approximate surface area is 176 Å². The molecule has 0 aliphatic rings. The summed E-state index contributed by atoms with van der Waals surface area (Å²) >= 11 is 0. The smallest absolute Gasteiger partial charge is 0.251 e. The Hall–Kier alpha value is -2.16. The third-order valence-corrected chi connectivity index (χ3v) is 3.88. The molecule has 0 aromatic heterocycles. The van der Waals surface area contributed by atoms with Gasteiger partial charge in [-0.15, -0.1) is 24.0 Å². The standard InChI is InChI=1S/C20H25FN4O.HI/c1-3-23-19(26)17-10-8-15(9-11-17)14-25-20(22-2)24-13-12-16-6-4-5-7-18(16)21;/h4-11H,3,12-14H2,1-2H3,(H,23,26)(H2,22,24,25);1H. The van der Waals surface area contributed by atoms with Gasteiger partial charge < -0.3 is 16.0 Å². The first-order valence-electron chi connectivity index (χ1n) is 8.69. The van der Waals surface area contributed by atoms with E-state index in [0.717, 1.165) is 5.56 Å². The molecule has 2 aromatic rings. The summed E-state index contributed by atoms with van der Waals surface area (Å²) in [5, 5.41) is 9.15. The van der Waals surface area contributed by atoms with Crippen LogP contribution in [0.15, 0.2) is 53.5 Å². The summed E-state index contributed by atoms with van der Waals surface area (Å²) in [5.41, 5.74) is 2.36. The van der Waals surface area contributed by atoms with Crippen LogP contribution in [0.3, 0.4) is 0 Å². The number of hydrogen-bond acceptors (Lipinski definition) is 2. The monoisotopic (exact) mass is 484 g/mol. The summed E-state index contributed by atoms with van der Waals surface area (Å²) in [6.07, 6.45) is 0.578. The van der Waals surface area contributed by atoms with Crippen LogP contribution >= 0.6 is 24.0 Å². The van der Waals surface area contributed by atoms with Gasteiger partial charge in [0.1, 0.15) is 5.82 Å². The van der Waals surface area contributed by atoms with Crippen molar-refractivity contribution in [3.63, 3.8) is 0 Å². The molecule has 0 spiro atoms. The van der Waals surface area contributed by atoms with Gasteiger partial charge in [0.15, 0.2) is 5.96 Å². The molecular formula is C20H26FIN4O. The van der Waals surface area contributed by atoms with Gasteiger partial charge in [0, 0.05) is 32.2 Å². The van der Waals surface area contributed by atoms with Gasteiger partial charge in [-0.2, -0.15) is 0 Å². The second-order valence-electron chi connectivity index (χ2n) is 5.75. The highest BCUT2D eigenvalue weighted by Crippen LogP contribution is 2.06. The Morgan fingerprint density at radius 2 is 1.74 bits per heavy atom. The van der Waals surface area contributed by atoms with E-state index in [4.69, 9.17) is 0 Å². The summed E-state index contributed by atoms with van der Waals surface area (Å²) in [7, 11) is 1.69. The minimum absolute atomic E-state index is 0. The van der Waals surface area contributed by atoms with E-state index in [1.807, 2.05) is 25.1 Å². The van der Waals surface area contributed by atoms with Gasteiger partial charge >= 0.3 is 0 Å². The molecule has 146 valence electrons.